The van der Waals surface area contributed by atoms with Gasteiger partial charge in [0.15, 0.2) is 0 Å². The molecule has 0 fully saturated rings. The minimum atomic E-state index is -0.506. The van der Waals surface area contributed by atoms with E-state index in [-0.39, 0.29) is 6.61 Å². The molecule has 0 aliphatic heterocycles. The number of thiazole rings is 1. The first-order valence-electron chi connectivity index (χ1n) is 15.0. The van der Waals surface area contributed by atoms with Crippen molar-refractivity contribution in [2.45, 2.75) is 26.2 Å². The number of aryl methyl sites for hydroxylation is 1. The lowest BCUT2D eigenvalue weighted by Gasteiger charge is -2.12. The van der Waals surface area contributed by atoms with Crippen molar-refractivity contribution in [3.63, 3.8) is 0 Å². The van der Waals surface area contributed by atoms with Crippen LogP contribution >= 0.6 is 11.3 Å². The van der Waals surface area contributed by atoms with Crippen LogP contribution in [-0.2, 0) is 16.0 Å². The molecule has 1 aromatic heterocycles. The molecule has 234 valence electrons. The number of rotatable bonds is 14. The average Bonchev–Trinajstić information content (AvgIpc) is 3.53. The largest absolute Gasteiger partial charge is 0.493 e. The van der Waals surface area contributed by atoms with Crippen LogP contribution in [0.1, 0.15) is 41.3 Å². The minimum absolute atomic E-state index is 0.236. The second-order valence-electron chi connectivity index (χ2n) is 10.4. The lowest BCUT2D eigenvalue weighted by molar-refractivity contribution is -0.137. The molecular formula is C37H35N3O5S. The normalized spacial score (nSPS) is 11.0. The van der Waals surface area contributed by atoms with Gasteiger partial charge in [-0.25, -0.2) is 19.6 Å². The minimum Gasteiger partial charge on any atom is -0.493 e. The Morgan fingerprint density at radius 1 is 0.957 bits per heavy atom. The molecule has 0 atom stereocenters. The molecule has 0 aliphatic carbocycles. The van der Waals surface area contributed by atoms with E-state index in [4.69, 9.17) is 14.2 Å². The van der Waals surface area contributed by atoms with Crippen LogP contribution in [0, 0.1) is 0 Å². The summed E-state index contributed by atoms with van der Waals surface area (Å²) in [6, 6.07) is 28.9. The van der Waals surface area contributed by atoms with Crippen molar-refractivity contribution in [3.05, 3.63) is 120 Å². The molecule has 5 rings (SSSR count). The lowest BCUT2D eigenvalue weighted by Crippen LogP contribution is -2.11. The van der Waals surface area contributed by atoms with Gasteiger partial charge in [-0.3, -0.25) is 0 Å². The highest BCUT2D eigenvalue weighted by Crippen LogP contribution is 2.30. The van der Waals surface area contributed by atoms with Crippen LogP contribution in [0.2, 0.25) is 0 Å². The highest BCUT2D eigenvalue weighted by atomic mass is 32.1. The highest BCUT2D eigenvalue weighted by Gasteiger charge is 2.14. The quantitative estimate of drug-likeness (QED) is 0.0305. The first-order valence-corrected chi connectivity index (χ1v) is 15.9. The molecule has 0 radical (unpaired) electrons. The van der Waals surface area contributed by atoms with E-state index in [9.17, 15) is 9.59 Å². The summed E-state index contributed by atoms with van der Waals surface area (Å²) < 4.78 is 17.6. The number of carbonyl (C=O) groups is 2. The summed E-state index contributed by atoms with van der Waals surface area (Å²) >= 11 is 1.55. The zero-order valence-electron chi connectivity index (χ0n) is 25.8. The first kappa shape index (κ1) is 32.1. The maximum absolute atomic E-state index is 13.2. The van der Waals surface area contributed by atoms with Crippen LogP contribution < -0.4 is 14.5 Å². The van der Waals surface area contributed by atoms with Gasteiger partial charge in [-0.1, -0.05) is 73.7 Å². The number of hydrazone groups is 1. The first-order chi connectivity index (χ1) is 22.4. The van der Waals surface area contributed by atoms with Crippen LogP contribution in [0.5, 0.6) is 11.5 Å². The van der Waals surface area contributed by atoms with E-state index in [1.807, 2.05) is 43.4 Å². The van der Waals surface area contributed by atoms with Gasteiger partial charge in [-0.15, -0.1) is 0 Å². The number of aromatic nitrogens is 1. The van der Waals surface area contributed by atoms with E-state index in [1.54, 1.807) is 52.9 Å². The molecule has 8 nitrogen and oxygen atoms in total. The van der Waals surface area contributed by atoms with Crippen LogP contribution in [0.4, 0.5) is 5.13 Å². The van der Waals surface area contributed by atoms with Crippen molar-refractivity contribution in [3.8, 4) is 22.6 Å². The fourth-order valence-electron chi connectivity index (χ4n) is 4.60. The molecule has 0 amide bonds. The van der Waals surface area contributed by atoms with Crippen molar-refractivity contribution in [1.29, 1.82) is 0 Å². The number of hydrogen-bond acceptors (Lipinski definition) is 9. The summed E-state index contributed by atoms with van der Waals surface area (Å²) in [5.41, 5.74) is 5.26. The molecule has 0 N–H and O–H groups in total. The van der Waals surface area contributed by atoms with Crippen molar-refractivity contribution in [2.24, 2.45) is 5.10 Å². The van der Waals surface area contributed by atoms with Crippen molar-refractivity contribution in [1.82, 2.24) is 4.98 Å². The Morgan fingerprint density at radius 2 is 1.72 bits per heavy atom. The molecule has 1 heterocycles. The molecule has 9 heteroatoms. The third-order valence-electron chi connectivity index (χ3n) is 7.03. The second kappa shape index (κ2) is 15.6. The number of esters is 2. The summed E-state index contributed by atoms with van der Waals surface area (Å²) in [4.78, 5) is 29.0. The van der Waals surface area contributed by atoms with Crippen LogP contribution in [-0.4, -0.2) is 43.4 Å². The Balaban J connectivity index is 1.32. The van der Waals surface area contributed by atoms with Crippen LogP contribution in [0.3, 0.4) is 0 Å². The SMILES string of the molecule is C=CC(=O)OCCCOc1ccc(C(=O)Oc2ccc(-c3ccc(CCC)cc3)cc2/C=N/N(C)c2nc3ccccc3s2)cc1. The Morgan fingerprint density at radius 3 is 2.46 bits per heavy atom. The summed E-state index contributed by atoms with van der Waals surface area (Å²) in [7, 11) is 1.84. The maximum atomic E-state index is 13.2. The highest BCUT2D eigenvalue weighted by molar-refractivity contribution is 7.22. The standard InChI is InChI=1S/C37H35N3O5S/c1-4-9-26-12-14-27(15-13-26)29-18-21-33(30(24-29)25-38-40(3)37-39-32-10-6-7-11-34(32)46-37)45-36(42)28-16-19-31(20-17-28)43-22-8-23-44-35(41)5-2/h5-7,10-21,24-25H,2,4,8-9,22-23H2,1,3H3/b38-25+. The summed E-state index contributed by atoms with van der Waals surface area (Å²) in [6.07, 6.45) is 5.46. The number of carbonyl (C=O) groups excluding carboxylic acids is 2. The van der Waals surface area contributed by atoms with Crippen molar-refractivity contribution < 1.29 is 23.8 Å². The number of nitrogens with zero attached hydrogens (tertiary/aromatic N) is 3. The molecule has 5 aromatic rings. The summed E-state index contributed by atoms with van der Waals surface area (Å²) in [5, 5.41) is 7.12. The molecular weight excluding hydrogens is 598 g/mol. The summed E-state index contributed by atoms with van der Waals surface area (Å²) in [6.45, 7) is 6.13. The zero-order valence-corrected chi connectivity index (χ0v) is 26.7. The van der Waals surface area contributed by atoms with Crippen molar-refractivity contribution in [2.75, 3.05) is 25.3 Å². The molecule has 0 aliphatic rings. The monoisotopic (exact) mass is 633 g/mol. The molecule has 0 saturated carbocycles. The second-order valence-corrected chi connectivity index (χ2v) is 11.4. The fraction of sp³-hybridized carbons (Fsp3) is 0.189. The fourth-order valence-corrected chi connectivity index (χ4v) is 5.48. The molecule has 0 saturated heterocycles. The van der Waals surface area contributed by atoms with Gasteiger partial charge in [0.1, 0.15) is 11.5 Å². The lowest BCUT2D eigenvalue weighted by atomic mass is 10.0. The third-order valence-corrected chi connectivity index (χ3v) is 8.13. The van der Waals surface area contributed by atoms with E-state index in [2.05, 4.69) is 47.9 Å². The smallest absolute Gasteiger partial charge is 0.343 e. The van der Waals surface area contributed by atoms with Crippen LogP contribution in [0.15, 0.2) is 109 Å². The van der Waals surface area contributed by atoms with E-state index >= 15 is 0 Å². The molecule has 4 aromatic carbocycles. The molecule has 0 unspecified atom stereocenters. The van der Waals surface area contributed by atoms with Gasteiger partial charge in [0, 0.05) is 25.1 Å². The molecule has 0 bridgehead atoms. The van der Waals surface area contributed by atoms with Gasteiger partial charge in [-0.05, 0) is 71.6 Å². The molecule has 0 spiro atoms. The number of hydrogen-bond donors (Lipinski definition) is 0. The predicted octanol–water partition coefficient (Wildman–Crippen LogP) is 8.10. The topological polar surface area (TPSA) is 90.3 Å². The maximum Gasteiger partial charge on any atom is 0.343 e. The Labute approximate surface area is 272 Å². The molecule has 46 heavy (non-hydrogen) atoms. The van der Waals surface area contributed by atoms with Gasteiger partial charge in [0.05, 0.1) is 35.2 Å². The van der Waals surface area contributed by atoms with Gasteiger partial charge >= 0.3 is 11.9 Å². The Kier molecular flexibility index (Phi) is 10.9. The summed E-state index contributed by atoms with van der Waals surface area (Å²) in [5.74, 6) is 0.000708. The zero-order chi connectivity index (χ0) is 32.3. The van der Waals surface area contributed by atoms with Crippen LogP contribution in [0.25, 0.3) is 21.3 Å². The van der Waals surface area contributed by atoms with Gasteiger partial charge in [-0.2, -0.15) is 5.10 Å². The number of benzene rings is 4. The van der Waals surface area contributed by atoms with E-state index < -0.39 is 11.9 Å². The van der Waals surface area contributed by atoms with E-state index in [0.717, 1.165) is 45.4 Å². The number of ether oxygens (including phenoxy) is 3. The third kappa shape index (κ3) is 8.46. The Bertz CT molecular complexity index is 1800. The average molecular weight is 634 g/mol. The Hall–Kier alpha value is -5.28. The number of fused-ring (bicyclic) bond motifs is 1. The van der Waals surface area contributed by atoms with Gasteiger partial charge in [0.25, 0.3) is 0 Å². The van der Waals surface area contributed by atoms with Crippen molar-refractivity contribution >= 4 is 44.8 Å². The van der Waals surface area contributed by atoms with E-state index in [0.29, 0.717) is 35.7 Å². The number of anilines is 1. The van der Waals surface area contributed by atoms with Gasteiger partial charge < -0.3 is 14.2 Å². The number of para-hydroxylation sites is 1. The predicted molar refractivity (Wildman–Crippen MR) is 184 cm³/mol. The van der Waals surface area contributed by atoms with Gasteiger partial charge in [0.2, 0.25) is 5.13 Å². The van der Waals surface area contributed by atoms with E-state index in [1.165, 1.54) is 5.56 Å².